The molecule has 0 saturated heterocycles. The number of nitrogens with zero attached hydrogens (tertiary/aromatic N) is 2. The summed E-state index contributed by atoms with van der Waals surface area (Å²) in [6, 6.07) is 13.2. The van der Waals surface area contributed by atoms with Crippen LogP contribution in [0.4, 0.5) is 0 Å². The lowest BCUT2D eigenvalue weighted by molar-refractivity contribution is 0.0307. The molecule has 0 unspecified atom stereocenters. The van der Waals surface area contributed by atoms with Crippen molar-refractivity contribution in [3.05, 3.63) is 70.8 Å². The monoisotopic (exact) mass is 404 g/mol. The molecule has 0 radical (unpaired) electrons. The van der Waals surface area contributed by atoms with Gasteiger partial charge in [0.2, 0.25) is 0 Å². The summed E-state index contributed by atoms with van der Waals surface area (Å²) in [4.78, 5) is 50.8. The number of ether oxygens (including phenoxy) is 2. The van der Waals surface area contributed by atoms with Gasteiger partial charge in [0.15, 0.2) is 0 Å². The highest BCUT2D eigenvalue weighted by atomic mass is 16.5. The number of carbonyl (C=O) groups excluding carboxylic acids is 4. The number of imide groups is 2. The molecule has 2 aromatic carbocycles. The van der Waals surface area contributed by atoms with Gasteiger partial charge in [-0.15, -0.1) is 0 Å². The predicted molar refractivity (Wildman–Crippen MR) is 103 cm³/mol. The summed E-state index contributed by atoms with van der Waals surface area (Å²) in [7, 11) is 0. The smallest absolute Gasteiger partial charge is 0.263 e. The quantitative estimate of drug-likeness (QED) is 0.412. The number of amides is 4. The molecule has 0 N–H and O–H groups in total. The number of hydrogen-bond donors (Lipinski definition) is 0. The molecule has 0 bridgehead atoms. The van der Waals surface area contributed by atoms with Crippen LogP contribution in [0.3, 0.4) is 0 Å². The number of fused-ring (bicyclic) bond motifs is 2. The van der Waals surface area contributed by atoms with Crippen LogP contribution in [0.5, 0.6) is 0 Å². The number of benzene rings is 2. The van der Waals surface area contributed by atoms with E-state index in [2.05, 4.69) is 11.8 Å². The summed E-state index contributed by atoms with van der Waals surface area (Å²) < 4.78 is 10.6. The standard InChI is InChI=1S/C22H16N2O6/c25-19-15-7-1-2-8-16(15)20(26)23(19)13-29-11-5-6-12-30-14-24-21(27)17-9-3-4-10-18(17)22(24)28/h1-4,7-10H,11-14H2. The van der Waals surface area contributed by atoms with Gasteiger partial charge in [0.1, 0.15) is 26.7 Å². The summed E-state index contributed by atoms with van der Waals surface area (Å²) in [6.07, 6.45) is 0. The van der Waals surface area contributed by atoms with Crippen LogP contribution < -0.4 is 0 Å². The fourth-order valence-electron chi connectivity index (χ4n) is 3.19. The van der Waals surface area contributed by atoms with Crippen LogP contribution in [0.25, 0.3) is 0 Å². The van der Waals surface area contributed by atoms with E-state index in [9.17, 15) is 19.2 Å². The zero-order valence-corrected chi connectivity index (χ0v) is 15.8. The van der Waals surface area contributed by atoms with E-state index >= 15 is 0 Å². The van der Waals surface area contributed by atoms with Crippen molar-refractivity contribution in [2.24, 2.45) is 0 Å². The second-order valence-electron chi connectivity index (χ2n) is 6.48. The first kappa shape index (κ1) is 19.5. The highest BCUT2D eigenvalue weighted by Crippen LogP contribution is 2.23. The lowest BCUT2D eigenvalue weighted by Crippen LogP contribution is -2.32. The average molecular weight is 404 g/mol. The second-order valence-corrected chi connectivity index (χ2v) is 6.48. The Labute approximate surface area is 172 Å². The van der Waals surface area contributed by atoms with E-state index in [4.69, 9.17) is 9.47 Å². The zero-order chi connectivity index (χ0) is 21.1. The molecular formula is C22H16N2O6. The third kappa shape index (κ3) is 3.48. The van der Waals surface area contributed by atoms with E-state index in [1.165, 1.54) is 0 Å². The van der Waals surface area contributed by atoms with Crippen LogP contribution in [0.2, 0.25) is 0 Å². The Balaban J connectivity index is 1.19. The molecule has 150 valence electrons. The Morgan fingerprint density at radius 3 is 1.17 bits per heavy atom. The van der Waals surface area contributed by atoms with E-state index in [0.29, 0.717) is 22.3 Å². The second kappa shape index (κ2) is 8.29. The van der Waals surface area contributed by atoms with Gasteiger partial charge in [-0.05, 0) is 24.3 Å². The van der Waals surface area contributed by atoms with Gasteiger partial charge in [-0.2, -0.15) is 0 Å². The number of carbonyl (C=O) groups is 4. The minimum atomic E-state index is -0.396. The largest absolute Gasteiger partial charge is 0.348 e. The Kier molecular flexibility index (Phi) is 5.39. The molecular weight excluding hydrogens is 388 g/mol. The molecule has 0 atom stereocenters. The third-order valence-electron chi connectivity index (χ3n) is 4.67. The molecule has 8 heteroatoms. The zero-order valence-electron chi connectivity index (χ0n) is 15.8. The van der Waals surface area contributed by atoms with Crippen LogP contribution in [-0.4, -0.2) is 60.1 Å². The average Bonchev–Trinajstić information content (AvgIpc) is 3.16. The van der Waals surface area contributed by atoms with Crippen molar-refractivity contribution in [2.75, 3.05) is 26.7 Å². The molecule has 0 fully saturated rings. The van der Waals surface area contributed by atoms with Gasteiger partial charge in [-0.25, -0.2) is 9.80 Å². The van der Waals surface area contributed by atoms with E-state index < -0.39 is 23.6 Å². The summed E-state index contributed by atoms with van der Waals surface area (Å²) >= 11 is 0. The van der Waals surface area contributed by atoms with Gasteiger partial charge >= 0.3 is 0 Å². The van der Waals surface area contributed by atoms with Crippen molar-refractivity contribution in [3.63, 3.8) is 0 Å². The summed E-state index contributed by atoms with van der Waals surface area (Å²) in [6.45, 7) is -0.415. The van der Waals surface area contributed by atoms with Gasteiger partial charge in [0.05, 0.1) is 22.3 Å². The number of hydrogen-bond acceptors (Lipinski definition) is 6. The lowest BCUT2D eigenvalue weighted by atomic mass is 10.1. The first-order valence-electron chi connectivity index (χ1n) is 9.11. The molecule has 0 aliphatic carbocycles. The van der Waals surface area contributed by atoms with Crippen molar-refractivity contribution in [2.45, 2.75) is 0 Å². The van der Waals surface area contributed by atoms with E-state index in [-0.39, 0.29) is 26.7 Å². The maximum atomic E-state index is 12.2. The summed E-state index contributed by atoms with van der Waals surface area (Å²) in [5, 5.41) is 0. The lowest BCUT2D eigenvalue weighted by Gasteiger charge is -2.12. The van der Waals surface area contributed by atoms with Crippen molar-refractivity contribution in [1.29, 1.82) is 0 Å². The minimum absolute atomic E-state index is 0.0101. The first-order chi connectivity index (χ1) is 14.6. The molecule has 2 aliphatic rings. The molecule has 8 nitrogen and oxygen atoms in total. The van der Waals surface area contributed by atoms with Crippen LogP contribution in [0.1, 0.15) is 41.4 Å². The SMILES string of the molecule is O=C1c2ccccc2C(=O)N1COCC#CCOCN1C(=O)c2ccccc2C1=O. The van der Waals surface area contributed by atoms with E-state index in [1.54, 1.807) is 48.5 Å². The van der Waals surface area contributed by atoms with Gasteiger partial charge in [-0.1, -0.05) is 36.1 Å². The molecule has 4 amide bonds. The van der Waals surface area contributed by atoms with Gasteiger partial charge in [0, 0.05) is 0 Å². The molecule has 0 aromatic heterocycles. The van der Waals surface area contributed by atoms with Crippen molar-refractivity contribution in [3.8, 4) is 11.8 Å². The Morgan fingerprint density at radius 1 is 0.567 bits per heavy atom. The predicted octanol–water partition coefficient (Wildman–Crippen LogP) is 1.53. The third-order valence-corrected chi connectivity index (χ3v) is 4.67. The minimum Gasteiger partial charge on any atom is -0.348 e. The Bertz CT molecular complexity index is 958. The molecule has 2 aliphatic heterocycles. The maximum absolute atomic E-state index is 12.2. The Morgan fingerprint density at radius 2 is 0.867 bits per heavy atom. The van der Waals surface area contributed by atoms with Crippen molar-refractivity contribution < 1.29 is 28.7 Å². The molecule has 2 heterocycles. The summed E-state index contributed by atoms with van der Waals surface area (Å²) in [5.74, 6) is 3.80. The van der Waals surface area contributed by atoms with Crippen LogP contribution in [0.15, 0.2) is 48.5 Å². The summed E-state index contributed by atoms with van der Waals surface area (Å²) in [5.41, 5.74) is 1.44. The van der Waals surface area contributed by atoms with Crippen molar-refractivity contribution in [1.82, 2.24) is 9.80 Å². The van der Waals surface area contributed by atoms with E-state index in [0.717, 1.165) is 9.80 Å². The van der Waals surface area contributed by atoms with Gasteiger partial charge < -0.3 is 9.47 Å². The molecule has 4 rings (SSSR count). The maximum Gasteiger partial charge on any atom is 0.263 e. The molecule has 2 aromatic rings. The van der Waals surface area contributed by atoms with Gasteiger partial charge in [-0.3, -0.25) is 19.2 Å². The first-order valence-corrected chi connectivity index (χ1v) is 9.11. The Hall–Kier alpha value is -3.80. The number of rotatable bonds is 6. The topological polar surface area (TPSA) is 93.2 Å². The normalized spacial score (nSPS) is 14.7. The molecule has 30 heavy (non-hydrogen) atoms. The van der Waals surface area contributed by atoms with Crippen LogP contribution in [-0.2, 0) is 9.47 Å². The van der Waals surface area contributed by atoms with Crippen molar-refractivity contribution >= 4 is 23.6 Å². The highest BCUT2D eigenvalue weighted by molar-refractivity contribution is 6.21. The molecule has 0 saturated carbocycles. The van der Waals surface area contributed by atoms with Gasteiger partial charge in [0.25, 0.3) is 23.6 Å². The fourth-order valence-corrected chi connectivity index (χ4v) is 3.19. The van der Waals surface area contributed by atoms with Crippen LogP contribution in [0, 0.1) is 11.8 Å². The van der Waals surface area contributed by atoms with Crippen LogP contribution >= 0.6 is 0 Å². The highest BCUT2D eigenvalue weighted by Gasteiger charge is 2.35. The molecule has 0 spiro atoms. The fraction of sp³-hybridized carbons (Fsp3) is 0.182. The van der Waals surface area contributed by atoms with E-state index in [1.807, 2.05) is 0 Å².